The first kappa shape index (κ1) is 25.9. The molecule has 1 aliphatic heterocycles. The molecule has 9 heteroatoms. The number of aromatic amines is 1. The quantitative estimate of drug-likeness (QED) is 0.184. The molecule has 39 heavy (non-hydrogen) atoms. The molecule has 0 spiro atoms. The summed E-state index contributed by atoms with van der Waals surface area (Å²) in [5.74, 6) is -1.06. The highest BCUT2D eigenvalue weighted by atomic mass is 16.5. The number of Topliss-reactive ketones (excluding diaryl/α,β-unsaturated/α-hetero) is 1. The minimum atomic E-state index is -0.681. The number of esters is 1. The second kappa shape index (κ2) is 11.3. The van der Waals surface area contributed by atoms with Crippen molar-refractivity contribution in [2.45, 2.75) is 18.9 Å². The van der Waals surface area contributed by atoms with Crippen LogP contribution in [-0.4, -0.2) is 54.9 Å². The monoisotopic (exact) mass is 525 g/mol. The Bertz CT molecular complexity index is 1520. The summed E-state index contributed by atoms with van der Waals surface area (Å²) < 4.78 is 10.2. The number of para-hydroxylation sites is 1. The molecule has 2 heterocycles. The van der Waals surface area contributed by atoms with Gasteiger partial charge in [-0.3, -0.25) is 14.4 Å². The molecule has 0 aliphatic carbocycles. The van der Waals surface area contributed by atoms with Crippen molar-refractivity contribution < 1.29 is 28.7 Å². The van der Waals surface area contributed by atoms with Crippen molar-refractivity contribution in [1.82, 2.24) is 10.3 Å². The number of fused-ring (bicyclic) bond motifs is 1. The lowest BCUT2D eigenvalue weighted by Crippen LogP contribution is -2.39. The van der Waals surface area contributed by atoms with Crippen LogP contribution >= 0.6 is 0 Å². The number of aromatic nitrogens is 1. The molecule has 5 rings (SSSR count). The van der Waals surface area contributed by atoms with Crippen LogP contribution < -0.4 is 15.0 Å². The average molecular weight is 526 g/mol. The lowest BCUT2D eigenvalue weighted by Gasteiger charge is -2.16. The number of imide groups is 1. The van der Waals surface area contributed by atoms with E-state index in [1.807, 2.05) is 30.5 Å². The van der Waals surface area contributed by atoms with Crippen LogP contribution in [0.15, 0.2) is 79.0 Å². The highest BCUT2D eigenvalue weighted by molar-refractivity contribution is 6.22. The van der Waals surface area contributed by atoms with Gasteiger partial charge in [-0.1, -0.05) is 18.2 Å². The van der Waals surface area contributed by atoms with E-state index in [-0.39, 0.29) is 29.6 Å². The van der Waals surface area contributed by atoms with E-state index in [0.717, 1.165) is 21.4 Å². The number of nitrogens with one attached hydrogen (secondary N) is 2. The maximum absolute atomic E-state index is 13.0. The molecular weight excluding hydrogens is 498 g/mol. The van der Waals surface area contributed by atoms with Gasteiger partial charge in [-0.2, -0.15) is 0 Å². The van der Waals surface area contributed by atoms with Crippen LogP contribution in [0.2, 0.25) is 0 Å². The zero-order valence-electron chi connectivity index (χ0n) is 21.3. The molecule has 198 valence electrons. The van der Waals surface area contributed by atoms with Gasteiger partial charge in [0.15, 0.2) is 12.4 Å². The summed E-state index contributed by atoms with van der Waals surface area (Å²) >= 11 is 0. The van der Waals surface area contributed by atoms with Crippen LogP contribution in [0.3, 0.4) is 0 Å². The molecule has 0 bridgehead atoms. The SMILES string of the molecule is COc1ccc(C(=O)COC(=O)c2ccc(N3C(=O)CC(NCCc4c[nH]c5ccccc45)C3=O)cc2)cc1. The first-order chi connectivity index (χ1) is 18.9. The van der Waals surface area contributed by atoms with Gasteiger partial charge < -0.3 is 19.8 Å². The van der Waals surface area contributed by atoms with E-state index in [1.165, 1.54) is 31.4 Å². The van der Waals surface area contributed by atoms with E-state index in [2.05, 4.69) is 10.3 Å². The number of rotatable bonds is 10. The summed E-state index contributed by atoms with van der Waals surface area (Å²) in [6.07, 6.45) is 2.73. The molecule has 1 aliphatic rings. The Kier molecular flexibility index (Phi) is 7.51. The Hall–Kier alpha value is -4.76. The minimum Gasteiger partial charge on any atom is -0.497 e. The maximum Gasteiger partial charge on any atom is 0.338 e. The number of hydrogen-bond donors (Lipinski definition) is 2. The Balaban J connectivity index is 1.14. The third-order valence-electron chi connectivity index (χ3n) is 6.71. The van der Waals surface area contributed by atoms with Crippen molar-refractivity contribution in [3.8, 4) is 5.75 Å². The third-order valence-corrected chi connectivity index (χ3v) is 6.71. The summed E-state index contributed by atoms with van der Waals surface area (Å²) in [4.78, 5) is 54.8. The summed E-state index contributed by atoms with van der Waals surface area (Å²) in [7, 11) is 1.53. The van der Waals surface area contributed by atoms with E-state index in [1.54, 1.807) is 24.3 Å². The van der Waals surface area contributed by atoms with Crippen molar-refractivity contribution >= 4 is 40.2 Å². The Morgan fingerprint density at radius 2 is 1.69 bits per heavy atom. The molecule has 2 N–H and O–H groups in total. The van der Waals surface area contributed by atoms with Crippen LogP contribution in [0, 0.1) is 0 Å². The van der Waals surface area contributed by atoms with Gasteiger partial charge >= 0.3 is 5.97 Å². The fourth-order valence-corrected chi connectivity index (χ4v) is 4.60. The fraction of sp³-hybridized carbons (Fsp3) is 0.200. The number of nitrogens with zero attached hydrogens (tertiary/aromatic N) is 1. The molecule has 1 unspecified atom stereocenters. The van der Waals surface area contributed by atoms with Crippen LogP contribution in [0.25, 0.3) is 10.9 Å². The van der Waals surface area contributed by atoms with Crippen molar-refractivity contribution in [1.29, 1.82) is 0 Å². The number of anilines is 1. The van der Waals surface area contributed by atoms with E-state index in [9.17, 15) is 19.2 Å². The average Bonchev–Trinajstić information content (AvgIpc) is 3.51. The number of ketones is 1. The maximum atomic E-state index is 13.0. The van der Waals surface area contributed by atoms with Crippen LogP contribution in [-0.2, 0) is 20.7 Å². The van der Waals surface area contributed by atoms with Gasteiger partial charge in [-0.15, -0.1) is 0 Å². The van der Waals surface area contributed by atoms with Crippen molar-refractivity contribution in [2.75, 3.05) is 25.2 Å². The summed E-state index contributed by atoms with van der Waals surface area (Å²) in [6, 6.07) is 19.9. The van der Waals surface area contributed by atoms with Gasteiger partial charge in [0.05, 0.1) is 30.8 Å². The second-order valence-electron chi connectivity index (χ2n) is 9.16. The summed E-state index contributed by atoms with van der Waals surface area (Å²) in [6.45, 7) is 0.126. The normalized spacial score (nSPS) is 15.1. The molecular formula is C30H27N3O6. The molecule has 3 aromatic carbocycles. The Labute approximate surface area is 224 Å². The number of amides is 2. The Morgan fingerprint density at radius 1 is 0.974 bits per heavy atom. The van der Waals surface area contributed by atoms with Gasteiger partial charge in [0.25, 0.3) is 5.91 Å². The lowest BCUT2D eigenvalue weighted by molar-refractivity contribution is -0.121. The highest BCUT2D eigenvalue weighted by Crippen LogP contribution is 2.24. The number of methoxy groups -OCH3 is 1. The standard InChI is InChI=1S/C30H27N3O6/c1-38-23-12-8-19(9-13-23)27(34)18-39-30(37)20-6-10-22(11-7-20)33-28(35)16-26(29(33)36)31-15-14-21-17-32-25-5-3-2-4-24(21)25/h2-13,17,26,31-32H,14-16,18H2,1H3. The molecule has 1 aromatic heterocycles. The van der Waals surface area contributed by atoms with Gasteiger partial charge in [0, 0.05) is 29.2 Å². The summed E-state index contributed by atoms with van der Waals surface area (Å²) in [5.41, 5.74) is 3.17. The molecule has 1 saturated heterocycles. The largest absolute Gasteiger partial charge is 0.497 e. The minimum absolute atomic E-state index is 0.0595. The molecule has 1 atom stereocenters. The first-order valence-electron chi connectivity index (χ1n) is 12.5. The van der Waals surface area contributed by atoms with Gasteiger partial charge in [0.2, 0.25) is 5.91 Å². The number of hydrogen-bond acceptors (Lipinski definition) is 7. The number of benzene rings is 3. The smallest absolute Gasteiger partial charge is 0.338 e. The van der Waals surface area contributed by atoms with E-state index in [4.69, 9.17) is 9.47 Å². The van der Waals surface area contributed by atoms with E-state index < -0.39 is 18.6 Å². The third kappa shape index (κ3) is 5.58. The molecule has 2 amide bonds. The highest BCUT2D eigenvalue weighted by Gasteiger charge is 2.39. The topological polar surface area (TPSA) is 118 Å². The van der Waals surface area contributed by atoms with Crippen molar-refractivity contribution in [2.24, 2.45) is 0 Å². The molecule has 0 radical (unpaired) electrons. The van der Waals surface area contributed by atoms with Gasteiger partial charge in [0.1, 0.15) is 5.75 Å². The number of carbonyl (C=O) groups excluding carboxylic acids is 4. The Morgan fingerprint density at radius 3 is 2.44 bits per heavy atom. The second-order valence-corrected chi connectivity index (χ2v) is 9.16. The number of carbonyl (C=O) groups is 4. The number of ether oxygens (including phenoxy) is 2. The fourth-order valence-electron chi connectivity index (χ4n) is 4.60. The lowest BCUT2D eigenvalue weighted by atomic mass is 10.1. The van der Waals surface area contributed by atoms with Crippen LogP contribution in [0.1, 0.15) is 32.7 Å². The van der Waals surface area contributed by atoms with Gasteiger partial charge in [-0.25, -0.2) is 9.69 Å². The zero-order valence-corrected chi connectivity index (χ0v) is 21.3. The van der Waals surface area contributed by atoms with Crippen LogP contribution in [0.5, 0.6) is 5.75 Å². The number of H-pyrrole nitrogens is 1. The molecule has 1 fully saturated rings. The van der Waals surface area contributed by atoms with Crippen LogP contribution in [0.4, 0.5) is 5.69 Å². The molecule has 9 nitrogen and oxygen atoms in total. The van der Waals surface area contributed by atoms with Crippen molar-refractivity contribution in [3.05, 3.63) is 95.7 Å². The molecule has 0 saturated carbocycles. The first-order valence-corrected chi connectivity index (χ1v) is 12.5. The zero-order chi connectivity index (χ0) is 27.4. The van der Waals surface area contributed by atoms with Crippen molar-refractivity contribution in [3.63, 3.8) is 0 Å². The predicted octanol–water partition coefficient (Wildman–Crippen LogP) is 3.68. The van der Waals surface area contributed by atoms with E-state index >= 15 is 0 Å². The molecule has 4 aromatic rings. The predicted molar refractivity (Wildman–Crippen MR) is 145 cm³/mol. The van der Waals surface area contributed by atoms with E-state index in [0.29, 0.717) is 30.0 Å². The van der Waals surface area contributed by atoms with Gasteiger partial charge in [-0.05, 0) is 66.6 Å². The summed E-state index contributed by atoms with van der Waals surface area (Å²) in [5, 5.41) is 4.34.